The second-order valence-electron chi connectivity index (χ2n) is 4.88. The molecule has 7 heteroatoms. The molecule has 0 radical (unpaired) electrons. The van der Waals surface area contributed by atoms with Crippen molar-refractivity contribution in [3.05, 3.63) is 44.3 Å². The summed E-state index contributed by atoms with van der Waals surface area (Å²) in [5.74, 6) is -0.341. The first kappa shape index (κ1) is 15.2. The number of hydrogen-bond donors (Lipinski definition) is 3. The number of thiazole rings is 1. The van der Waals surface area contributed by atoms with Crippen LogP contribution in [0.25, 0.3) is 0 Å². The summed E-state index contributed by atoms with van der Waals surface area (Å²) in [5, 5.41) is 5.22. The topological polar surface area (TPSA) is 101 Å². The minimum atomic E-state index is -0.350. The van der Waals surface area contributed by atoms with E-state index in [2.05, 4.69) is 15.3 Å². The molecule has 0 aliphatic carbocycles. The third-order valence-electron chi connectivity index (χ3n) is 3.06. The lowest BCUT2D eigenvalue weighted by Crippen LogP contribution is -2.31. The molecule has 0 saturated heterocycles. The van der Waals surface area contributed by atoms with Crippen LogP contribution in [0.5, 0.6) is 0 Å². The van der Waals surface area contributed by atoms with E-state index in [9.17, 15) is 9.59 Å². The van der Waals surface area contributed by atoms with E-state index in [1.165, 1.54) is 11.3 Å². The maximum Gasteiger partial charge on any atom is 0.261 e. The Kier molecular flexibility index (Phi) is 4.74. The highest BCUT2D eigenvalue weighted by molar-refractivity contribution is 7.13. The fourth-order valence-electron chi connectivity index (χ4n) is 2.13. The fourth-order valence-corrected chi connectivity index (χ4v) is 2.73. The molecular weight excluding hydrogens is 288 g/mol. The van der Waals surface area contributed by atoms with E-state index in [0.29, 0.717) is 17.2 Å². The van der Waals surface area contributed by atoms with Crippen molar-refractivity contribution in [2.75, 3.05) is 12.3 Å². The molecule has 112 valence electrons. The number of pyridine rings is 1. The Morgan fingerprint density at radius 3 is 2.86 bits per heavy atom. The monoisotopic (exact) mass is 306 g/mol. The molecule has 0 aromatic carbocycles. The number of rotatable bonds is 5. The zero-order chi connectivity index (χ0) is 15.4. The Bertz CT molecular complexity index is 705. The maximum atomic E-state index is 12.0. The summed E-state index contributed by atoms with van der Waals surface area (Å²) < 4.78 is 0. The van der Waals surface area contributed by atoms with Gasteiger partial charge in [-0.2, -0.15) is 0 Å². The lowest BCUT2D eigenvalue weighted by molar-refractivity contribution is 0.0951. The van der Waals surface area contributed by atoms with Crippen LogP contribution in [-0.2, 0) is 6.42 Å². The predicted octanol–water partition coefficient (Wildman–Crippen LogP) is 1.39. The SMILES string of the molecule is Cc1cc(C)c(C(=O)NCCCc2csc(N)n2)c(=O)[nH]1. The molecule has 6 nitrogen and oxygen atoms in total. The highest BCUT2D eigenvalue weighted by Crippen LogP contribution is 2.12. The van der Waals surface area contributed by atoms with Gasteiger partial charge in [0.2, 0.25) is 0 Å². The molecule has 2 heterocycles. The highest BCUT2D eigenvalue weighted by atomic mass is 32.1. The second-order valence-corrected chi connectivity index (χ2v) is 5.77. The quantitative estimate of drug-likeness (QED) is 0.727. The molecule has 0 spiro atoms. The molecule has 0 atom stereocenters. The summed E-state index contributed by atoms with van der Waals surface area (Å²) in [6.45, 7) is 4.04. The minimum Gasteiger partial charge on any atom is -0.375 e. The van der Waals surface area contributed by atoms with Crippen LogP contribution in [0.15, 0.2) is 16.2 Å². The molecule has 2 rings (SSSR count). The molecule has 1 amide bonds. The average Bonchev–Trinajstić information content (AvgIpc) is 2.79. The first-order chi connectivity index (χ1) is 9.97. The first-order valence-corrected chi connectivity index (χ1v) is 7.54. The number of carbonyl (C=O) groups excluding carboxylic acids is 1. The van der Waals surface area contributed by atoms with Gasteiger partial charge in [-0.15, -0.1) is 11.3 Å². The molecule has 0 aliphatic heterocycles. The Labute approximate surface area is 126 Å². The van der Waals surface area contributed by atoms with Crippen LogP contribution in [0.2, 0.25) is 0 Å². The molecule has 0 saturated carbocycles. The molecule has 0 aliphatic rings. The van der Waals surface area contributed by atoms with E-state index in [-0.39, 0.29) is 17.0 Å². The Morgan fingerprint density at radius 2 is 2.24 bits per heavy atom. The summed E-state index contributed by atoms with van der Waals surface area (Å²) in [5.41, 5.74) is 7.74. The van der Waals surface area contributed by atoms with E-state index >= 15 is 0 Å². The van der Waals surface area contributed by atoms with Crippen LogP contribution < -0.4 is 16.6 Å². The molecule has 0 bridgehead atoms. The smallest absolute Gasteiger partial charge is 0.261 e. The molecule has 2 aromatic heterocycles. The fraction of sp³-hybridized carbons (Fsp3) is 0.357. The third kappa shape index (κ3) is 3.91. The number of aromatic nitrogens is 2. The summed E-state index contributed by atoms with van der Waals surface area (Å²) >= 11 is 1.40. The van der Waals surface area contributed by atoms with Gasteiger partial charge in [0.15, 0.2) is 5.13 Å². The van der Waals surface area contributed by atoms with E-state index < -0.39 is 0 Å². The van der Waals surface area contributed by atoms with E-state index in [0.717, 1.165) is 24.2 Å². The maximum absolute atomic E-state index is 12.0. The van der Waals surface area contributed by atoms with Crippen molar-refractivity contribution in [3.63, 3.8) is 0 Å². The van der Waals surface area contributed by atoms with Gasteiger partial charge >= 0.3 is 0 Å². The number of aromatic amines is 1. The van der Waals surface area contributed by atoms with Crippen LogP contribution in [0, 0.1) is 13.8 Å². The second kappa shape index (κ2) is 6.53. The van der Waals surface area contributed by atoms with Gasteiger partial charge < -0.3 is 16.0 Å². The van der Waals surface area contributed by atoms with Crippen molar-refractivity contribution in [2.45, 2.75) is 26.7 Å². The zero-order valence-electron chi connectivity index (χ0n) is 12.0. The third-order valence-corrected chi connectivity index (χ3v) is 3.78. The van der Waals surface area contributed by atoms with Gasteiger partial charge in [0.1, 0.15) is 5.56 Å². The lowest BCUT2D eigenvalue weighted by atomic mass is 10.1. The van der Waals surface area contributed by atoms with E-state index in [1.54, 1.807) is 19.9 Å². The van der Waals surface area contributed by atoms with Crippen LogP contribution >= 0.6 is 11.3 Å². The Balaban J connectivity index is 1.89. The summed E-state index contributed by atoms with van der Waals surface area (Å²) in [4.78, 5) is 30.7. The zero-order valence-corrected chi connectivity index (χ0v) is 12.8. The van der Waals surface area contributed by atoms with Gasteiger partial charge in [0, 0.05) is 17.6 Å². The molecule has 4 N–H and O–H groups in total. The molecule has 0 unspecified atom stereocenters. The minimum absolute atomic E-state index is 0.179. The van der Waals surface area contributed by atoms with E-state index in [4.69, 9.17) is 5.73 Å². The van der Waals surface area contributed by atoms with Gasteiger partial charge in [-0.25, -0.2) is 4.98 Å². The van der Waals surface area contributed by atoms with Crippen LogP contribution in [0.4, 0.5) is 5.13 Å². The number of hydrogen-bond acceptors (Lipinski definition) is 5. The van der Waals surface area contributed by atoms with Gasteiger partial charge in [-0.1, -0.05) is 0 Å². The van der Waals surface area contributed by atoms with Gasteiger partial charge in [0.25, 0.3) is 11.5 Å². The van der Waals surface area contributed by atoms with Gasteiger partial charge in [-0.3, -0.25) is 9.59 Å². The van der Waals surface area contributed by atoms with Gasteiger partial charge in [-0.05, 0) is 38.3 Å². The van der Waals surface area contributed by atoms with Crippen molar-refractivity contribution in [1.29, 1.82) is 0 Å². The average molecular weight is 306 g/mol. The lowest BCUT2D eigenvalue weighted by Gasteiger charge is -2.07. The summed E-state index contributed by atoms with van der Waals surface area (Å²) in [7, 11) is 0. The molecule has 21 heavy (non-hydrogen) atoms. The van der Waals surface area contributed by atoms with Crippen molar-refractivity contribution in [3.8, 4) is 0 Å². The Morgan fingerprint density at radius 1 is 1.48 bits per heavy atom. The summed E-state index contributed by atoms with van der Waals surface area (Å²) in [6, 6.07) is 1.79. The van der Waals surface area contributed by atoms with Crippen LogP contribution in [-0.4, -0.2) is 22.4 Å². The number of H-pyrrole nitrogens is 1. The summed E-state index contributed by atoms with van der Waals surface area (Å²) in [6.07, 6.45) is 1.49. The molecular formula is C14H18N4O2S. The standard InChI is InChI=1S/C14H18N4O2S/c1-8-6-9(2)17-13(20)11(8)12(19)16-5-3-4-10-7-21-14(15)18-10/h6-7H,3-5H2,1-2H3,(H2,15,18)(H,16,19)(H,17,20). The number of amides is 1. The van der Waals surface area contributed by atoms with E-state index in [1.807, 2.05) is 5.38 Å². The van der Waals surface area contributed by atoms with Crippen LogP contribution in [0.3, 0.4) is 0 Å². The largest absolute Gasteiger partial charge is 0.375 e. The Hall–Kier alpha value is -2.15. The van der Waals surface area contributed by atoms with Crippen molar-refractivity contribution in [2.24, 2.45) is 0 Å². The van der Waals surface area contributed by atoms with Gasteiger partial charge in [0.05, 0.1) is 5.69 Å². The number of carbonyl (C=O) groups is 1. The normalized spacial score (nSPS) is 10.6. The predicted molar refractivity (Wildman–Crippen MR) is 83.7 cm³/mol. The van der Waals surface area contributed by atoms with Crippen molar-refractivity contribution in [1.82, 2.24) is 15.3 Å². The number of aryl methyl sites for hydroxylation is 3. The number of nitrogen functional groups attached to an aromatic ring is 1. The number of anilines is 1. The highest BCUT2D eigenvalue weighted by Gasteiger charge is 2.13. The first-order valence-electron chi connectivity index (χ1n) is 6.66. The number of nitrogens with two attached hydrogens (primary N) is 1. The number of nitrogens with one attached hydrogen (secondary N) is 2. The molecule has 2 aromatic rings. The number of nitrogens with zero attached hydrogens (tertiary/aromatic N) is 1. The molecule has 0 fully saturated rings. The van der Waals surface area contributed by atoms with Crippen molar-refractivity contribution < 1.29 is 4.79 Å². The van der Waals surface area contributed by atoms with Crippen molar-refractivity contribution >= 4 is 22.4 Å². The van der Waals surface area contributed by atoms with Crippen LogP contribution in [0.1, 0.15) is 33.7 Å².